The molecule has 0 spiro atoms. The van der Waals surface area contributed by atoms with E-state index in [1.165, 1.54) is 0 Å². The lowest BCUT2D eigenvalue weighted by Crippen LogP contribution is -2.36. The maximum absolute atomic E-state index is 11.5. The highest BCUT2D eigenvalue weighted by Crippen LogP contribution is 2.23. The van der Waals surface area contributed by atoms with Crippen LogP contribution >= 0.6 is 0 Å². The van der Waals surface area contributed by atoms with E-state index < -0.39 is 0 Å². The SMILES string of the molecule is CC(C)C(CN1CCC(=O)C1=O)C(C)C. The molecule has 3 nitrogen and oxygen atoms in total. The van der Waals surface area contributed by atoms with Gasteiger partial charge in [-0.05, 0) is 17.8 Å². The van der Waals surface area contributed by atoms with E-state index in [9.17, 15) is 9.59 Å². The van der Waals surface area contributed by atoms with Gasteiger partial charge < -0.3 is 4.90 Å². The Morgan fingerprint density at radius 3 is 2.00 bits per heavy atom. The molecular weight excluding hydrogens is 190 g/mol. The number of rotatable bonds is 4. The Morgan fingerprint density at radius 2 is 1.67 bits per heavy atom. The summed E-state index contributed by atoms with van der Waals surface area (Å²) in [5, 5.41) is 0. The molecule has 0 bridgehead atoms. The standard InChI is InChI=1S/C12H21NO2/c1-8(2)10(9(3)4)7-13-6-5-11(14)12(13)15/h8-10H,5-7H2,1-4H3. The average Bonchev–Trinajstić information content (AvgIpc) is 2.43. The minimum Gasteiger partial charge on any atom is -0.335 e. The van der Waals surface area contributed by atoms with Crippen molar-refractivity contribution in [1.82, 2.24) is 4.90 Å². The van der Waals surface area contributed by atoms with E-state index in [4.69, 9.17) is 0 Å². The minimum atomic E-state index is -0.277. The van der Waals surface area contributed by atoms with Gasteiger partial charge in [0.2, 0.25) is 5.78 Å². The summed E-state index contributed by atoms with van der Waals surface area (Å²) < 4.78 is 0. The predicted molar refractivity (Wildman–Crippen MR) is 59.4 cm³/mol. The van der Waals surface area contributed by atoms with Crippen molar-refractivity contribution in [3.8, 4) is 0 Å². The summed E-state index contributed by atoms with van der Waals surface area (Å²) in [6.07, 6.45) is 0.405. The van der Waals surface area contributed by atoms with E-state index in [0.717, 1.165) is 6.54 Å². The Morgan fingerprint density at radius 1 is 1.13 bits per heavy atom. The van der Waals surface area contributed by atoms with Crippen molar-refractivity contribution in [2.45, 2.75) is 34.1 Å². The van der Waals surface area contributed by atoms with Gasteiger partial charge in [-0.3, -0.25) is 9.59 Å². The molecule has 0 aromatic heterocycles. The molecule has 1 rings (SSSR count). The second-order valence-electron chi connectivity index (χ2n) is 5.08. The summed E-state index contributed by atoms with van der Waals surface area (Å²) in [6.45, 7) is 10.0. The van der Waals surface area contributed by atoms with Crippen LogP contribution in [0.2, 0.25) is 0 Å². The van der Waals surface area contributed by atoms with Gasteiger partial charge in [0.1, 0.15) is 0 Å². The molecule has 0 atom stereocenters. The predicted octanol–water partition coefficient (Wildman–Crippen LogP) is 1.72. The van der Waals surface area contributed by atoms with E-state index in [-0.39, 0.29) is 11.7 Å². The minimum absolute atomic E-state index is 0.221. The monoisotopic (exact) mass is 211 g/mol. The van der Waals surface area contributed by atoms with Gasteiger partial charge in [-0.1, -0.05) is 27.7 Å². The van der Waals surface area contributed by atoms with Crippen molar-refractivity contribution in [3.05, 3.63) is 0 Å². The molecule has 0 N–H and O–H groups in total. The Hall–Kier alpha value is -0.860. The highest BCUT2D eigenvalue weighted by molar-refractivity contribution is 6.37. The number of Topliss-reactive ketones (excluding diaryl/α,β-unsaturated/α-hetero) is 1. The van der Waals surface area contributed by atoms with Crippen LogP contribution in [-0.2, 0) is 9.59 Å². The third kappa shape index (κ3) is 2.80. The number of amides is 1. The molecular formula is C12H21NO2. The van der Waals surface area contributed by atoms with Crippen molar-refractivity contribution in [3.63, 3.8) is 0 Å². The van der Waals surface area contributed by atoms with Gasteiger partial charge in [-0.2, -0.15) is 0 Å². The number of ketones is 1. The summed E-state index contributed by atoms with van der Waals surface area (Å²) in [5.74, 6) is 1.09. The molecule has 0 unspecified atom stereocenters. The third-order valence-corrected chi connectivity index (χ3v) is 3.28. The molecule has 1 amide bonds. The van der Waals surface area contributed by atoms with Crippen LogP contribution in [0.25, 0.3) is 0 Å². The summed E-state index contributed by atoms with van der Waals surface area (Å²) in [4.78, 5) is 24.3. The maximum Gasteiger partial charge on any atom is 0.290 e. The van der Waals surface area contributed by atoms with E-state index in [1.807, 2.05) is 0 Å². The Balaban J connectivity index is 2.59. The molecule has 0 aromatic rings. The van der Waals surface area contributed by atoms with Crippen LogP contribution in [0.4, 0.5) is 0 Å². The highest BCUT2D eigenvalue weighted by atomic mass is 16.2. The average molecular weight is 211 g/mol. The lowest BCUT2D eigenvalue weighted by atomic mass is 9.85. The zero-order valence-electron chi connectivity index (χ0n) is 10.1. The van der Waals surface area contributed by atoms with Crippen LogP contribution < -0.4 is 0 Å². The lowest BCUT2D eigenvalue weighted by molar-refractivity contribution is -0.140. The van der Waals surface area contributed by atoms with Crippen LogP contribution in [0.15, 0.2) is 0 Å². The quantitative estimate of drug-likeness (QED) is 0.664. The first-order valence-corrected chi connectivity index (χ1v) is 5.75. The van der Waals surface area contributed by atoms with Crippen molar-refractivity contribution >= 4 is 11.7 Å². The van der Waals surface area contributed by atoms with Gasteiger partial charge in [-0.25, -0.2) is 0 Å². The molecule has 1 heterocycles. The van der Waals surface area contributed by atoms with Crippen LogP contribution in [-0.4, -0.2) is 29.7 Å². The zero-order chi connectivity index (χ0) is 11.6. The first-order valence-electron chi connectivity index (χ1n) is 5.75. The molecule has 3 heteroatoms. The fraction of sp³-hybridized carbons (Fsp3) is 0.833. The number of nitrogens with zero attached hydrogens (tertiary/aromatic N) is 1. The van der Waals surface area contributed by atoms with Crippen molar-refractivity contribution in [2.24, 2.45) is 17.8 Å². The molecule has 0 saturated carbocycles. The largest absolute Gasteiger partial charge is 0.335 e. The molecule has 0 radical (unpaired) electrons. The van der Waals surface area contributed by atoms with E-state index >= 15 is 0 Å². The number of likely N-dealkylation sites (tertiary alicyclic amines) is 1. The molecule has 15 heavy (non-hydrogen) atoms. The molecule has 0 aliphatic carbocycles. The smallest absolute Gasteiger partial charge is 0.290 e. The Bertz CT molecular complexity index is 250. The Labute approximate surface area is 91.8 Å². The summed E-state index contributed by atoms with van der Waals surface area (Å²) in [7, 11) is 0. The fourth-order valence-corrected chi connectivity index (χ4v) is 2.24. The lowest BCUT2D eigenvalue weighted by Gasteiger charge is -2.29. The summed E-state index contributed by atoms with van der Waals surface area (Å²) >= 11 is 0. The van der Waals surface area contributed by atoms with Crippen molar-refractivity contribution in [2.75, 3.05) is 13.1 Å². The van der Waals surface area contributed by atoms with Gasteiger partial charge >= 0.3 is 0 Å². The molecule has 1 aliphatic heterocycles. The van der Waals surface area contributed by atoms with E-state index in [0.29, 0.717) is 30.7 Å². The van der Waals surface area contributed by atoms with Gasteiger partial charge in [0, 0.05) is 19.5 Å². The topological polar surface area (TPSA) is 37.4 Å². The zero-order valence-corrected chi connectivity index (χ0v) is 10.1. The van der Waals surface area contributed by atoms with Crippen molar-refractivity contribution in [1.29, 1.82) is 0 Å². The first kappa shape index (κ1) is 12.2. The Kier molecular flexibility index (Phi) is 3.89. The van der Waals surface area contributed by atoms with Gasteiger partial charge in [0.25, 0.3) is 5.91 Å². The highest BCUT2D eigenvalue weighted by Gasteiger charge is 2.32. The molecule has 86 valence electrons. The van der Waals surface area contributed by atoms with Gasteiger partial charge in [0.15, 0.2) is 0 Å². The number of carbonyl (C=O) groups is 2. The fourth-order valence-electron chi connectivity index (χ4n) is 2.24. The van der Waals surface area contributed by atoms with E-state index in [2.05, 4.69) is 27.7 Å². The second kappa shape index (κ2) is 4.77. The molecule has 1 fully saturated rings. The maximum atomic E-state index is 11.5. The van der Waals surface area contributed by atoms with E-state index in [1.54, 1.807) is 4.90 Å². The van der Waals surface area contributed by atoms with Crippen LogP contribution in [0.1, 0.15) is 34.1 Å². The van der Waals surface area contributed by atoms with Crippen LogP contribution in [0.5, 0.6) is 0 Å². The normalized spacial score (nSPS) is 17.7. The van der Waals surface area contributed by atoms with Crippen LogP contribution in [0.3, 0.4) is 0 Å². The number of hydrogen-bond acceptors (Lipinski definition) is 2. The van der Waals surface area contributed by atoms with Crippen LogP contribution in [0, 0.1) is 17.8 Å². The summed E-state index contributed by atoms with van der Waals surface area (Å²) in [5.41, 5.74) is 0. The number of carbonyl (C=O) groups excluding carboxylic acids is 2. The van der Waals surface area contributed by atoms with Gasteiger partial charge in [0.05, 0.1) is 0 Å². The second-order valence-corrected chi connectivity index (χ2v) is 5.08. The molecule has 1 aliphatic rings. The molecule has 0 aromatic carbocycles. The first-order chi connectivity index (χ1) is 6.93. The summed E-state index contributed by atoms with van der Waals surface area (Å²) in [6, 6.07) is 0. The molecule has 1 saturated heterocycles. The van der Waals surface area contributed by atoms with Gasteiger partial charge in [-0.15, -0.1) is 0 Å². The van der Waals surface area contributed by atoms with Crippen molar-refractivity contribution < 1.29 is 9.59 Å². The third-order valence-electron chi connectivity index (χ3n) is 3.28. The number of hydrogen-bond donors (Lipinski definition) is 0.